The number of nitrogen functional groups attached to an aromatic ring is 1. The number of aromatic nitrogens is 4. The van der Waals surface area contributed by atoms with Crippen LogP contribution in [0.5, 0.6) is 0 Å². The number of fused-ring (bicyclic) bond motifs is 1. The molecule has 0 aliphatic heterocycles. The normalized spacial score (nSPS) is 10.6. The molecule has 0 aliphatic rings. The number of hydrogen-bond donors (Lipinski definition) is 3. The highest BCUT2D eigenvalue weighted by Gasteiger charge is 2.10. The Kier molecular flexibility index (Phi) is 3.80. The summed E-state index contributed by atoms with van der Waals surface area (Å²) in [6, 6.07) is 13.5. The molecule has 7 nitrogen and oxygen atoms in total. The van der Waals surface area contributed by atoms with E-state index in [0.29, 0.717) is 17.3 Å². The minimum Gasteiger partial charge on any atom is -0.393 e. The van der Waals surface area contributed by atoms with Gasteiger partial charge in [-0.15, -0.1) is 0 Å². The van der Waals surface area contributed by atoms with Gasteiger partial charge in [0.25, 0.3) is 0 Å². The Morgan fingerprint density at radius 2 is 1.64 bits per heavy atom. The topological polar surface area (TPSA) is 102 Å². The van der Waals surface area contributed by atoms with Gasteiger partial charge in [0, 0.05) is 23.5 Å². The second-order valence-electron chi connectivity index (χ2n) is 5.35. The zero-order chi connectivity index (χ0) is 17.1. The van der Waals surface area contributed by atoms with E-state index in [9.17, 15) is 0 Å². The van der Waals surface area contributed by atoms with Gasteiger partial charge in [-0.2, -0.15) is 0 Å². The highest BCUT2D eigenvalue weighted by atomic mass is 15.1. The summed E-state index contributed by atoms with van der Waals surface area (Å²) in [4.78, 5) is 16.9. The lowest BCUT2D eigenvalue weighted by Gasteiger charge is -2.13. The highest BCUT2D eigenvalue weighted by Crippen LogP contribution is 2.30. The number of benzene rings is 1. The lowest BCUT2D eigenvalue weighted by molar-refractivity contribution is 1.17. The number of nitrogens with two attached hydrogens (primary N) is 1. The monoisotopic (exact) mass is 329 g/mol. The number of pyridine rings is 2. The van der Waals surface area contributed by atoms with E-state index in [0.717, 1.165) is 22.3 Å². The van der Waals surface area contributed by atoms with Gasteiger partial charge in [-0.3, -0.25) is 9.97 Å². The molecule has 0 saturated heterocycles. The van der Waals surface area contributed by atoms with Gasteiger partial charge in [-0.05, 0) is 36.4 Å². The summed E-state index contributed by atoms with van der Waals surface area (Å²) < 4.78 is 0. The summed E-state index contributed by atoms with van der Waals surface area (Å²) >= 11 is 0. The minimum atomic E-state index is 0.423. The van der Waals surface area contributed by atoms with Gasteiger partial charge in [0.2, 0.25) is 0 Å². The van der Waals surface area contributed by atoms with Crippen LogP contribution in [0.4, 0.5) is 28.7 Å². The van der Waals surface area contributed by atoms with Gasteiger partial charge in [0.1, 0.15) is 12.0 Å². The fraction of sp³-hybridized carbons (Fsp3) is 0. The van der Waals surface area contributed by atoms with Crippen LogP contribution in [0.3, 0.4) is 0 Å². The molecule has 0 radical (unpaired) electrons. The molecule has 1 aromatic carbocycles. The first kappa shape index (κ1) is 14.8. The van der Waals surface area contributed by atoms with Gasteiger partial charge >= 0.3 is 0 Å². The first-order valence-electron chi connectivity index (χ1n) is 7.69. The number of rotatable bonds is 4. The Balaban J connectivity index is 1.68. The first-order chi connectivity index (χ1) is 12.3. The SMILES string of the molecule is Nc1c(Nc2cccnc2)ncnc1Nc1cccc2ncccc12. The predicted molar refractivity (Wildman–Crippen MR) is 99.0 cm³/mol. The second kappa shape index (κ2) is 6.40. The molecule has 0 fully saturated rings. The van der Waals surface area contributed by atoms with Crippen LogP contribution in [0.25, 0.3) is 10.9 Å². The smallest absolute Gasteiger partial charge is 0.159 e. The third-order valence-electron chi connectivity index (χ3n) is 3.71. The fourth-order valence-corrected chi connectivity index (χ4v) is 2.51. The molecule has 0 saturated carbocycles. The highest BCUT2D eigenvalue weighted by molar-refractivity contribution is 5.94. The summed E-state index contributed by atoms with van der Waals surface area (Å²) in [7, 11) is 0. The molecule has 7 heteroatoms. The van der Waals surface area contributed by atoms with Crippen molar-refractivity contribution in [1.29, 1.82) is 0 Å². The molecule has 0 spiro atoms. The molecule has 0 bridgehead atoms. The number of hydrogen-bond acceptors (Lipinski definition) is 7. The lowest BCUT2D eigenvalue weighted by Crippen LogP contribution is -2.05. The maximum Gasteiger partial charge on any atom is 0.159 e. The number of nitrogens with one attached hydrogen (secondary N) is 2. The second-order valence-corrected chi connectivity index (χ2v) is 5.35. The van der Waals surface area contributed by atoms with E-state index in [4.69, 9.17) is 5.73 Å². The molecule has 0 amide bonds. The Morgan fingerprint density at radius 1 is 0.800 bits per heavy atom. The van der Waals surface area contributed by atoms with Gasteiger partial charge in [0.15, 0.2) is 11.6 Å². The average molecular weight is 329 g/mol. The largest absolute Gasteiger partial charge is 0.393 e. The van der Waals surface area contributed by atoms with Crippen molar-refractivity contribution in [1.82, 2.24) is 19.9 Å². The summed E-state index contributed by atoms with van der Waals surface area (Å²) in [5.74, 6) is 1.04. The maximum atomic E-state index is 6.24. The van der Waals surface area contributed by atoms with Crippen LogP contribution in [0.1, 0.15) is 0 Å². The van der Waals surface area contributed by atoms with E-state index < -0.39 is 0 Å². The van der Waals surface area contributed by atoms with E-state index in [1.807, 2.05) is 42.5 Å². The summed E-state index contributed by atoms with van der Waals surface area (Å²) in [6.07, 6.45) is 6.63. The molecular formula is C18H15N7. The molecule has 4 rings (SSSR count). The van der Waals surface area contributed by atoms with Crippen LogP contribution in [0.2, 0.25) is 0 Å². The fourth-order valence-electron chi connectivity index (χ4n) is 2.51. The van der Waals surface area contributed by atoms with Crippen LogP contribution in [-0.2, 0) is 0 Å². The van der Waals surface area contributed by atoms with Crippen LogP contribution in [0, 0.1) is 0 Å². The third-order valence-corrected chi connectivity index (χ3v) is 3.71. The van der Waals surface area contributed by atoms with Crippen molar-refractivity contribution in [2.45, 2.75) is 0 Å². The van der Waals surface area contributed by atoms with Crippen LogP contribution in [-0.4, -0.2) is 19.9 Å². The van der Waals surface area contributed by atoms with Gasteiger partial charge in [0.05, 0.1) is 17.4 Å². The van der Waals surface area contributed by atoms with Crippen molar-refractivity contribution >= 4 is 39.6 Å². The molecule has 25 heavy (non-hydrogen) atoms. The van der Waals surface area contributed by atoms with Gasteiger partial charge in [-0.1, -0.05) is 6.07 Å². The molecule has 0 atom stereocenters. The third kappa shape index (κ3) is 3.02. The lowest BCUT2D eigenvalue weighted by atomic mass is 10.2. The van der Waals surface area contributed by atoms with E-state index in [1.54, 1.807) is 18.6 Å². The Bertz CT molecular complexity index is 1010. The summed E-state index contributed by atoms with van der Waals surface area (Å²) in [5, 5.41) is 7.40. The zero-order valence-corrected chi connectivity index (χ0v) is 13.2. The van der Waals surface area contributed by atoms with Crippen molar-refractivity contribution in [3.8, 4) is 0 Å². The van der Waals surface area contributed by atoms with E-state index in [1.165, 1.54) is 6.33 Å². The average Bonchev–Trinajstić information content (AvgIpc) is 2.66. The van der Waals surface area contributed by atoms with Gasteiger partial charge in [-0.25, -0.2) is 9.97 Å². The maximum absolute atomic E-state index is 6.24. The van der Waals surface area contributed by atoms with Crippen molar-refractivity contribution in [3.63, 3.8) is 0 Å². The molecular weight excluding hydrogens is 314 g/mol. The quantitative estimate of drug-likeness (QED) is 0.526. The summed E-state index contributed by atoms with van der Waals surface area (Å²) in [6.45, 7) is 0. The molecule has 3 aromatic heterocycles. The molecule has 0 unspecified atom stereocenters. The molecule has 0 aliphatic carbocycles. The number of nitrogens with zero attached hydrogens (tertiary/aromatic N) is 4. The standard InChI is InChI=1S/C18H15N7/c19-16-17(24-12-4-2-8-20-10-12)22-11-23-18(16)25-15-7-1-6-14-13(15)5-3-9-21-14/h1-11H,19H2,(H2,22,23,24,25). The van der Waals surface area contributed by atoms with Crippen molar-refractivity contribution in [2.75, 3.05) is 16.4 Å². The number of anilines is 5. The molecule has 4 N–H and O–H groups in total. The molecule has 4 aromatic rings. The summed E-state index contributed by atoms with van der Waals surface area (Å²) in [5.41, 5.74) is 9.23. The Morgan fingerprint density at radius 3 is 2.48 bits per heavy atom. The molecule has 3 heterocycles. The Labute approximate surface area is 144 Å². The van der Waals surface area contributed by atoms with Crippen LogP contribution >= 0.6 is 0 Å². The van der Waals surface area contributed by atoms with Crippen LogP contribution in [0.15, 0.2) is 67.4 Å². The van der Waals surface area contributed by atoms with Crippen LogP contribution < -0.4 is 16.4 Å². The van der Waals surface area contributed by atoms with E-state index in [-0.39, 0.29) is 0 Å². The predicted octanol–water partition coefficient (Wildman–Crippen LogP) is 3.49. The minimum absolute atomic E-state index is 0.423. The first-order valence-corrected chi connectivity index (χ1v) is 7.69. The van der Waals surface area contributed by atoms with E-state index >= 15 is 0 Å². The Hall–Kier alpha value is -3.74. The van der Waals surface area contributed by atoms with Crippen molar-refractivity contribution < 1.29 is 0 Å². The molecule has 122 valence electrons. The zero-order valence-electron chi connectivity index (χ0n) is 13.2. The van der Waals surface area contributed by atoms with E-state index in [2.05, 4.69) is 30.6 Å². The van der Waals surface area contributed by atoms with Gasteiger partial charge < -0.3 is 16.4 Å². The van der Waals surface area contributed by atoms with Crippen molar-refractivity contribution in [2.24, 2.45) is 0 Å². The van der Waals surface area contributed by atoms with Crippen molar-refractivity contribution in [3.05, 3.63) is 67.4 Å².